The maximum Gasteiger partial charge on any atom is 0.132 e. The first-order valence-electron chi connectivity index (χ1n) is 7.59. The lowest BCUT2D eigenvalue weighted by atomic mass is 9.95. The Morgan fingerprint density at radius 2 is 2.10 bits per heavy atom. The lowest BCUT2D eigenvalue weighted by Gasteiger charge is -2.29. The quantitative estimate of drug-likeness (QED) is 0.838. The van der Waals surface area contributed by atoms with Crippen LogP contribution >= 0.6 is 0 Å². The fourth-order valence-electron chi connectivity index (χ4n) is 2.35. The van der Waals surface area contributed by atoms with Gasteiger partial charge in [0.05, 0.1) is 11.6 Å². The van der Waals surface area contributed by atoms with Crippen molar-refractivity contribution in [3.05, 3.63) is 11.9 Å². The van der Waals surface area contributed by atoms with E-state index in [1.54, 1.807) is 0 Å². The third-order valence-corrected chi connectivity index (χ3v) is 3.94. The predicted octanol–water partition coefficient (Wildman–Crippen LogP) is 2.84. The average Bonchev–Trinajstić information content (AvgIpc) is 2.75. The van der Waals surface area contributed by atoms with Gasteiger partial charge in [-0.15, -0.1) is 0 Å². The summed E-state index contributed by atoms with van der Waals surface area (Å²) in [6.07, 6.45) is 3.10. The summed E-state index contributed by atoms with van der Waals surface area (Å²) in [4.78, 5) is 9.10. The number of anilines is 2. The van der Waals surface area contributed by atoms with E-state index in [2.05, 4.69) is 48.3 Å². The molecule has 112 valence electrons. The number of nitrogens with one attached hydrogen (secondary N) is 2. The maximum absolute atomic E-state index is 5.67. The molecule has 5 nitrogen and oxygen atoms in total. The van der Waals surface area contributed by atoms with Gasteiger partial charge in [0.15, 0.2) is 0 Å². The van der Waals surface area contributed by atoms with Gasteiger partial charge in [-0.05, 0) is 26.7 Å². The van der Waals surface area contributed by atoms with Gasteiger partial charge < -0.3 is 15.4 Å². The molecule has 1 saturated heterocycles. The minimum absolute atomic E-state index is 0.0542. The summed E-state index contributed by atoms with van der Waals surface area (Å²) in [5.74, 6) is 2.65. The van der Waals surface area contributed by atoms with E-state index in [0.717, 1.165) is 49.9 Å². The highest BCUT2D eigenvalue weighted by molar-refractivity contribution is 5.49. The molecule has 2 rings (SSSR count). The average molecular weight is 278 g/mol. The van der Waals surface area contributed by atoms with Crippen LogP contribution < -0.4 is 10.6 Å². The second-order valence-electron chi connectivity index (χ2n) is 5.64. The number of rotatable bonds is 6. The zero-order valence-corrected chi connectivity index (χ0v) is 13.0. The Morgan fingerprint density at radius 3 is 2.70 bits per heavy atom. The number of aromatic nitrogens is 2. The molecule has 2 atom stereocenters. The topological polar surface area (TPSA) is 59.1 Å². The first-order valence-corrected chi connectivity index (χ1v) is 7.59. The van der Waals surface area contributed by atoms with Crippen LogP contribution in [0, 0.1) is 0 Å². The van der Waals surface area contributed by atoms with Crippen LogP contribution in [0.25, 0.3) is 0 Å². The van der Waals surface area contributed by atoms with Crippen molar-refractivity contribution in [3.8, 4) is 0 Å². The monoisotopic (exact) mass is 278 g/mol. The Kier molecular flexibility index (Phi) is 4.81. The maximum atomic E-state index is 5.67. The molecule has 0 aliphatic carbocycles. The molecule has 0 radical (unpaired) electrons. The Balaban J connectivity index is 2.17. The third-order valence-electron chi connectivity index (χ3n) is 3.94. The van der Waals surface area contributed by atoms with Gasteiger partial charge in [0.2, 0.25) is 0 Å². The number of aryl methyl sites for hydroxylation is 1. The Morgan fingerprint density at radius 1 is 1.35 bits per heavy atom. The molecule has 0 amide bonds. The summed E-state index contributed by atoms with van der Waals surface area (Å²) < 4.78 is 5.67. The molecule has 0 saturated carbocycles. The summed E-state index contributed by atoms with van der Waals surface area (Å²) in [7, 11) is 0. The van der Waals surface area contributed by atoms with Crippen molar-refractivity contribution in [3.63, 3.8) is 0 Å². The number of ether oxygens (including phenoxy) is 1. The molecule has 2 heterocycles. The van der Waals surface area contributed by atoms with Crippen LogP contribution in [-0.2, 0) is 11.2 Å². The summed E-state index contributed by atoms with van der Waals surface area (Å²) in [5.41, 5.74) is -0.0542. The van der Waals surface area contributed by atoms with E-state index >= 15 is 0 Å². The van der Waals surface area contributed by atoms with Crippen molar-refractivity contribution >= 4 is 11.6 Å². The molecule has 0 aromatic carbocycles. The standard InChI is InChI=1S/C15H26N4O/c1-5-8-16-13-10-14(18-12(6-2)17-13)19-15(4)7-9-20-11(15)3/h10-11H,5-9H2,1-4H3,(H2,16,17,18,19). The van der Waals surface area contributed by atoms with E-state index in [4.69, 9.17) is 4.74 Å². The minimum atomic E-state index is -0.0542. The van der Waals surface area contributed by atoms with E-state index in [1.807, 2.05) is 6.07 Å². The number of hydrogen-bond donors (Lipinski definition) is 2. The van der Waals surface area contributed by atoms with Crippen molar-refractivity contribution in [2.45, 2.75) is 58.6 Å². The van der Waals surface area contributed by atoms with Crippen molar-refractivity contribution in [1.29, 1.82) is 0 Å². The molecular formula is C15H26N4O. The van der Waals surface area contributed by atoms with Crippen LogP contribution in [0.4, 0.5) is 11.6 Å². The highest BCUT2D eigenvalue weighted by Crippen LogP contribution is 2.29. The summed E-state index contributed by atoms with van der Waals surface area (Å²) in [6, 6.07) is 1.99. The van der Waals surface area contributed by atoms with E-state index in [0.29, 0.717) is 0 Å². The van der Waals surface area contributed by atoms with Crippen molar-refractivity contribution in [2.75, 3.05) is 23.8 Å². The Bertz CT molecular complexity index is 451. The molecule has 5 heteroatoms. The van der Waals surface area contributed by atoms with Crippen LogP contribution in [0.5, 0.6) is 0 Å². The van der Waals surface area contributed by atoms with E-state index < -0.39 is 0 Å². The van der Waals surface area contributed by atoms with Crippen LogP contribution in [0.2, 0.25) is 0 Å². The van der Waals surface area contributed by atoms with Gasteiger partial charge >= 0.3 is 0 Å². The Labute approximate surface area is 121 Å². The van der Waals surface area contributed by atoms with Crippen LogP contribution in [0.3, 0.4) is 0 Å². The first kappa shape index (κ1) is 15.0. The van der Waals surface area contributed by atoms with Crippen molar-refractivity contribution < 1.29 is 4.74 Å². The molecule has 1 aliphatic heterocycles. The minimum Gasteiger partial charge on any atom is -0.376 e. The molecule has 2 unspecified atom stereocenters. The summed E-state index contributed by atoms with van der Waals surface area (Å²) in [5, 5.41) is 6.88. The Hall–Kier alpha value is -1.36. The lowest BCUT2D eigenvalue weighted by Crippen LogP contribution is -2.41. The van der Waals surface area contributed by atoms with Crippen LogP contribution in [0.15, 0.2) is 6.07 Å². The molecule has 20 heavy (non-hydrogen) atoms. The molecular weight excluding hydrogens is 252 g/mol. The SMILES string of the molecule is CCCNc1cc(NC2(C)CCOC2C)nc(CC)n1. The normalized spacial score (nSPS) is 25.7. The summed E-state index contributed by atoms with van der Waals surface area (Å²) in [6.45, 7) is 10.3. The molecule has 0 spiro atoms. The lowest BCUT2D eigenvalue weighted by molar-refractivity contribution is 0.105. The largest absolute Gasteiger partial charge is 0.376 e. The van der Waals surface area contributed by atoms with Crippen LogP contribution in [0.1, 0.15) is 46.4 Å². The fraction of sp³-hybridized carbons (Fsp3) is 0.733. The first-order chi connectivity index (χ1) is 9.57. The van der Waals surface area contributed by atoms with E-state index in [-0.39, 0.29) is 11.6 Å². The fourth-order valence-corrected chi connectivity index (χ4v) is 2.35. The van der Waals surface area contributed by atoms with Crippen LogP contribution in [-0.4, -0.2) is 34.8 Å². The number of hydrogen-bond acceptors (Lipinski definition) is 5. The molecule has 2 N–H and O–H groups in total. The highest BCUT2D eigenvalue weighted by atomic mass is 16.5. The second kappa shape index (κ2) is 6.39. The summed E-state index contributed by atoms with van der Waals surface area (Å²) >= 11 is 0. The molecule has 1 aromatic rings. The van der Waals surface area contributed by atoms with Gasteiger partial charge in [0, 0.05) is 25.6 Å². The number of nitrogens with zero attached hydrogens (tertiary/aromatic N) is 2. The second-order valence-corrected chi connectivity index (χ2v) is 5.64. The van der Waals surface area contributed by atoms with Gasteiger partial charge in [-0.25, -0.2) is 9.97 Å². The molecule has 1 aliphatic rings. The predicted molar refractivity (Wildman–Crippen MR) is 82.2 cm³/mol. The smallest absolute Gasteiger partial charge is 0.132 e. The zero-order chi connectivity index (χ0) is 14.6. The van der Waals surface area contributed by atoms with Crippen molar-refractivity contribution in [2.24, 2.45) is 0 Å². The zero-order valence-electron chi connectivity index (χ0n) is 13.0. The van der Waals surface area contributed by atoms with Gasteiger partial charge in [0.1, 0.15) is 17.5 Å². The van der Waals surface area contributed by atoms with Gasteiger partial charge in [-0.1, -0.05) is 13.8 Å². The molecule has 0 bridgehead atoms. The highest BCUT2D eigenvalue weighted by Gasteiger charge is 2.37. The van der Waals surface area contributed by atoms with E-state index in [1.165, 1.54) is 0 Å². The van der Waals surface area contributed by atoms with Gasteiger partial charge in [0.25, 0.3) is 0 Å². The van der Waals surface area contributed by atoms with Crippen molar-refractivity contribution in [1.82, 2.24) is 9.97 Å². The van der Waals surface area contributed by atoms with Gasteiger partial charge in [-0.3, -0.25) is 0 Å². The molecule has 1 aromatic heterocycles. The van der Waals surface area contributed by atoms with E-state index in [9.17, 15) is 0 Å². The molecule has 1 fully saturated rings. The van der Waals surface area contributed by atoms with Gasteiger partial charge in [-0.2, -0.15) is 0 Å². The third kappa shape index (κ3) is 3.39.